The van der Waals surface area contributed by atoms with Gasteiger partial charge in [-0.25, -0.2) is 9.59 Å². The number of aliphatic hydroxyl groups is 1. The summed E-state index contributed by atoms with van der Waals surface area (Å²) in [6.45, 7) is 1.26. The Morgan fingerprint density at radius 1 is 0.935 bits per heavy atom. The van der Waals surface area contributed by atoms with Crippen LogP contribution >= 0.6 is 0 Å². The van der Waals surface area contributed by atoms with E-state index in [1.807, 2.05) is 0 Å². The molecule has 2 aromatic carbocycles. The number of para-hydroxylation sites is 1. The molecule has 4 aromatic rings. The lowest BCUT2D eigenvalue weighted by atomic mass is 9.99. The summed E-state index contributed by atoms with van der Waals surface area (Å²) in [5, 5.41) is 10.9. The fourth-order valence-corrected chi connectivity index (χ4v) is 3.52. The van der Waals surface area contributed by atoms with Gasteiger partial charge in [0.2, 0.25) is 6.29 Å². The summed E-state index contributed by atoms with van der Waals surface area (Å²) < 4.78 is 21.3. The van der Waals surface area contributed by atoms with E-state index in [9.17, 15) is 19.5 Å². The molecule has 0 saturated heterocycles. The fraction of sp³-hybridized carbons (Fsp3) is 0.0870. The number of carbonyl (C=O) groups is 1. The molecule has 0 radical (unpaired) electrons. The molecule has 0 spiro atoms. The molecule has 8 nitrogen and oxygen atoms in total. The first-order chi connectivity index (χ1) is 14.9. The van der Waals surface area contributed by atoms with Crippen LogP contribution in [-0.4, -0.2) is 11.1 Å². The van der Waals surface area contributed by atoms with E-state index in [0.29, 0.717) is 16.7 Å². The van der Waals surface area contributed by atoms with E-state index in [0.717, 1.165) is 0 Å². The van der Waals surface area contributed by atoms with Gasteiger partial charge >= 0.3 is 17.2 Å². The second-order valence-electron chi connectivity index (χ2n) is 6.94. The summed E-state index contributed by atoms with van der Waals surface area (Å²) in [6, 6.07) is 14.2. The lowest BCUT2D eigenvalue weighted by Crippen LogP contribution is -2.18. The fourth-order valence-electron chi connectivity index (χ4n) is 3.52. The Hall–Kier alpha value is -4.17. The van der Waals surface area contributed by atoms with Gasteiger partial charge in [-0.15, -0.1) is 0 Å². The number of hydrogen-bond acceptors (Lipinski definition) is 8. The minimum Gasteiger partial charge on any atom is -0.460 e. The Labute approximate surface area is 173 Å². The van der Waals surface area contributed by atoms with E-state index in [1.54, 1.807) is 30.3 Å². The van der Waals surface area contributed by atoms with Crippen LogP contribution in [0, 0.1) is 0 Å². The standard InChI is InChI=1S/C23H14O8/c1-11(24)28-13-7-6-12-8-15(21(25)30-19(12)9-13)16-10-17-20(31-22(16)26)14-4-2-3-5-18(14)29-23(17)27/h2-10,23,27H,1H3. The van der Waals surface area contributed by atoms with Crippen molar-refractivity contribution in [3.63, 3.8) is 0 Å². The molecule has 1 N–H and O–H groups in total. The Morgan fingerprint density at radius 3 is 2.48 bits per heavy atom. The van der Waals surface area contributed by atoms with Gasteiger partial charge in [0.15, 0.2) is 5.76 Å². The normalized spacial score (nSPS) is 14.5. The van der Waals surface area contributed by atoms with Gasteiger partial charge in [0, 0.05) is 18.4 Å². The Balaban J connectivity index is 1.67. The number of carbonyl (C=O) groups excluding carboxylic acids is 1. The predicted octanol–water partition coefficient (Wildman–Crippen LogP) is 3.39. The Morgan fingerprint density at radius 2 is 1.68 bits per heavy atom. The van der Waals surface area contributed by atoms with E-state index in [-0.39, 0.29) is 33.8 Å². The molecule has 0 bridgehead atoms. The Kier molecular flexibility index (Phi) is 4.23. The van der Waals surface area contributed by atoms with Gasteiger partial charge in [0.25, 0.3) is 0 Å². The van der Waals surface area contributed by atoms with Crippen molar-refractivity contribution in [1.82, 2.24) is 0 Å². The van der Waals surface area contributed by atoms with Crippen LogP contribution < -0.4 is 20.7 Å². The molecule has 0 fully saturated rings. The van der Waals surface area contributed by atoms with Gasteiger partial charge in [0.1, 0.15) is 17.1 Å². The number of fused-ring (bicyclic) bond motifs is 4. The van der Waals surface area contributed by atoms with Crippen LogP contribution in [0.5, 0.6) is 11.5 Å². The van der Waals surface area contributed by atoms with Gasteiger partial charge in [-0.3, -0.25) is 4.79 Å². The first-order valence-corrected chi connectivity index (χ1v) is 9.29. The van der Waals surface area contributed by atoms with Crippen LogP contribution in [0.25, 0.3) is 33.4 Å². The van der Waals surface area contributed by atoms with E-state index in [1.165, 1.54) is 31.2 Å². The number of hydrogen-bond donors (Lipinski definition) is 1. The van der Waals surface area contributed by atoms with Crippen molar-refractivity contribution in [3.05, 3.63) is 81.0 Å². The molecule has 2 aromatic heterocycles. The van der Waals surface area contributed by atoms with Crippen molar-refractivity contribution >= 4 is 16.9 Å². The lowest BCUT2D eigenvalue weighted by molar-refractivity contribution is -0.131. The molecule has 5 rings (SSSR count). The molecule has 1 aliphatic heterocycles. The summed E-state index contributed by atoms with van der Waals surface area (Å²) in [5.74, 6) is 0.280. The summed E-state index contributed by atoms with van der Waals surface area (Å²) >= 11 is 0. The topological polar surface area (TPSA) is 116 Å². The predicted molar refractivity (Wildman–Crippen MR) is 109 cm³/mol. The number of benzene rings is 2. The smallest absolute Gasteiger partial charge is 0.344 e. The second-order valence-corrected chi connectivity index (χ2v) is 6.94. The van der Waals surface area contributed by atoms with Crippen LogP contribution in [0.1, 0.15) is 18.8 Å². The zero-order chi connectivity index (χ0) is 21.7. The van der Waals surface area contributed by atoms with Crippen LogP contribution in [0.2, 0.25) is 0 Å². The third-order valence-corrected chi connectivity index (χ3v) is 4.87. The average Bonchev–Trinajstić information content (AvgIpc) is 2.73. The quantitative estimate of drug-likeness (QED) is 0.299. The summed E-state index contributed by atoms with van der Waals surface area (Å²) in [6.07, 6.45) is -1.37. The summed E-state index contributed by atoms with van der Waals surface area (Å²) in [7, 11) is 0. The SMILES string of the molecule is CC(=O)Oc1ccc2cc(-c3cc4c(oc3=O)-c3ccccc3OC4O)c(=O)oc2c1. The molecule has 3 heterocycles. The number of esters is 1. The monoisotopic (exact) mass is 418 g/mol. The van der Waals surface area contributed by atoms with Crippen molar-refractivity contribution < 1.29 is 28.2 Å². The molecule has 154 valence electrons. The number of aliphatic hydroxyl groups excluding tert-OH is 1. The largest absolute Gasteiger partial charge is 0.460 e. The van der Waals surface area contributed by atoms with Crippen molar-refractivity contribution in [2.24, 2.45) is 0 Å². The van der Waals surface area contributed by atoms with E-state index < -0.39 is 23.5 Å². The molecule has 0 aliphatic carbocycles. The molecular formula is C23H14O8. The van der Waals surface area contributed by atoms with Crippen LogP contribution in [0.15, 0.2) is 73.0 Å². The van der Waals surface area contributed by atoms with E-state index >= 15 is 0 Å². The molecule has 1 atom stereocenters. The van der Waals surface area contributed by atoms with Crippen molar-refractivity contribution in [1.29, 1.82) is 0 Å². The maximum Gasteiger partial charge on any atom is 0.344 e. The summed E-state index contributed by atoms with van der Waals surface area (Å²) in [5.41, 5.74) is -0.715. The van der Waals surface area contributed by atoms with Crippen molar-refractivity contribution in [3.8, 4) is 33.9 Å². The first-order valence-electron chi connectivity index (χ1n) is 9.29. The maximum absolute atomic E-state index is 12.7. The zero-order valence-corrected chi connectivity index (χ0v) is 16.1. The Bertz CT molecular complexity index is 1480. The summed E-state index contributed by atoms with van der Waals surface area (Å²) in [4.78, 5) is 36.5. The lowest BCUT2D eigenvalue weighted by Gasteiger charge is -2.23. The highest BCUT2D eigenvalue weighted by Gasteiger charge is 2.29. The van der Waals surface area contributed by atoms with Crippen molar-refractivity contribution in [2.75, 3.05) is 0 Å². The average molecular weight is 418 g/mol. The van der Waals surface area contributed by atoms with E-state index in [4.69, 9.17) is 18.3 Å². The van der Waals surface area contributed by atoms with Crippen LogP contribution in [-0.2, 0) is 4.79 Å². The van der Waals surface area contributed by atoms with Crippen LogP contribution in [0.3, 0.4) is 0 Å². The van der Waals surface area contributed by atoms with Gasteiger partial charge in [-0.05, 0) is 36.4 Å². The van der Waals surface area contributed by atoms with E-state index in [2.05, 4.69) is 0 Å². The molecule has 1 unspecified atom stereocenters. The molecule has 31 heavy (non-hydrogen) atoms. The molecule has 8 heteroatoms. The minimum atomic E-state index is -1.37. The highest BCUT2D eigenvalue weighted by Crippen LogP contribution is 2.41. The second kappa shape index (κ2) is 6.96. The third kappa shape index (κ3) is 3.19. The zero-order valence-electron chi connectivity index (χ0n) is 16.1. The minimum absolute atomic E-state index is 0.0321. The first kappa shape index (κ1) is 18.8. The third-order valence-electron chi connectivity index (χ3n) is 4.87. The highest BCUT2D eigenvalue weighted by molar-refractivity contribution is 5.84. The molecule has 1 aliphatic rings. The van der Waals surface area contributed by atoms with Crippen LogP contribution in [0.4, 0.5) is 0 Å². The van der Waals surface area contributed by atoms with Gasteiger partial charge in [-0.2, -0.15) is 0 Å². The molecule has 0 saturated carbocycles. The maximum atomic E-state index is 12.7. The molecular weight excluding hydrogens is 404 g/mol. The van der Waals surface area contributed by atoms with Gasteiger partial charge < -0.3 is 23.4 Å². The number of ether oxygens (including phenoxy) is 2. The number of rotatable bonds is 2. The van der Waals surface area contributed by atoms with Gasteiger partial charge in [0.05, 0.1) is 22.3 Å². The molecule has 0 amide bonds. The highest BCUT2D eigenvalue weighted by atomic mass is 16.6. The van der Waals surface area contributed by atoms with Crippen molar-refractivity contribution in [2.45, 2.75) is 13.2 Å². The van der Waals surface area contributed by atoms with Gasteiger partial charge in [-0.1, -0.05) is 12.1 Å².